The summed E-state index contributed by atoms with van der Waals surface area (Å²) in [7, 11) is 0. The van der Waals surface area contributed by atoms with Gasteiger partial charge in [0.1, 0.15) is 12.1 Å². The molecular weight excluding hydrogens is 458 g/mol. The number of hydrogen-bond donors (Lipinski definition) is 2. The van der Waals surface area contributed by atoms with E-state index in [1.165, 1.54) is 22.4 Å². The number of nitrogens with zero attached hydrogens (tertiary/aromatic N) is 3. The largest absolute Gasteiger partial charge is 0.340 e. The summed E-state index contributed by atoms with van der Waals surface area (Å²) in [6.45, 7) is 14.3. The van der Waals surface area contributed by atoms with Crippen LogP contribution in [0.15, 0.2) is 77.7 Å². The van der Waals surface area contributed by atoms with E-state index in [0.29, 0.717) is 11.5 Å². The second-order valence-electron chi connectivity index (χ2n) is 8.74. The topological polar surface area (TPSA) is 92.7 Å². The number of thioether (sulfide) groups is 1. The Morgan fingerprint density at radius 1 is 1.00 bits per heavy atom. The van der Waals surface area contributed by atoms with E-state index in [-0.39, 0.29) is 5.41 Å². The van der Waals surface area contributed by atoms with Gasteiger partial charge >= 0.3 is 5.69 Å². The molecule has 2 N–H and O–H groups in total. The quantitative estimate of drug-likeness (QED) is 0.363. The first kappa shape index (κ1) is 27.6. The molecule has 2 aromatic carbocycles. The van der Waals surface area contributed by atoms with Crippen molar-refractivity contribution in [3.8, 4) is 5.69 Å². The van der Waals surface area contributed by atoms with Crippen LogP contribution >= 0.6 is 11.8 Å². The standard InChI is InChI=1S/C23H23N5O2.C2H6S.C2H4/c1-14-5-7-15(8-6-14)26-21-17-11-16(28-10-9-19(29)27-22(28)30)12-18(23(2,3)4)20(17)24-13-25-21;1-3-2;1-2/h5-13H,1-4H3,(H,24,25,26)(H,27,29,30);1-2H3;1-2H2. The molecule has 0 aliphatic rings. The van der Waals surface area contributed by atoms with Crippen LogP contribution in [-0.2, 0) is 5.41 Å². The minimum atomic E-state index is -0.494. The van der Waals surface area contributed by atoms with Crippen LogP contribution in [0.4, 0.5) is 11.5 Å². The Hall–Kier alpha value is -3.65. The number of aromatic amines is 1. The van der Waals surface area contributed by atoms with Crippen LogP contribution in [-0.4, -0.2) is 32.0 Å². The lowest BCUT2D eigenvalue weighted by Gasteiger charge is -2.23. The lowest BCUT2D eigenvalue weighted by molar-refractivity contribution is 0.594. The SMILES string of the molecule is C=C.CSC.Cc1ccc(Nc2ncnc3c(C(C)(C)C)cc(-n4ccc(=O)[nH]c4=O)cc23)cc1. The number of H-pyrrole nitrogens is 1. The Labute approximate surface area is 210 Å². The van der Waals surface area contributed by atoms with E-state index in [1.807, 2.05) is 55.8 Å². The van der Waals surface area contributed by atoms with E-state index >= 15 is 0 Å². The van der Waals surface area contributed by atoms with E-state index in [0.717, 1.165) is 22.2 Å². The van der Waals surface area contributed by atoms with Gasteiger partial charge in [0.05, 0.1) is 11.2 Å². The number of rotatable bonds is 3. The molecule has 0 aliphatic carbocycles. The Balaban J connectivity index is 0.000000803. The van der Waals surface area contributed by atoms with E-state index < -0.39 is 11.2 Å². The maximum absolute atomic E-state index is 12.4. The zero-order valence-electron chi connectivity index (χ0n) is 21.2. The molecule has 0 saturated carbocycles. The molecule has 0 atom stereocenters. The number of aromatic nitrogens is 4. The van der Waals surface area contributed by atoms with Crippen molar-refractivity contribution in [1.82, 2.24) is 19.5 Å². The predicted molar refractivity (Wildman–Crippen MR) is 150 cm³/mol. The summed E-state index contributed by atoms with van der Waals surface area (Å²) in [6, 6.07) is 13.2. The molecule has 2 aromatic heterocycles. The summed E-state index contributed by atoms with van der Waals surface area (Å²) in [5.74, 6) is 0.647. The minimum absolute atomic E-state index is 0.227. The molecule has 0 fully saturated rings. The highest BCUT2D eigenvalue weighted by Gasteiger charge is 2.21. The maximum Gasteiger partial charge on any atom is 0.332 e. The fraction of sp³-hybridized carbons (Fsp3) is 0.259. The highest BCUT2D eigenvalue weighted by Crippen LogP contribution is 2.34. The molecule has 7 nitrogen and oxygen atoms in total. The third kappa shape index (κ3) is 6.93. The molecule has 0 spiro atoms. The minimum Gasteiger partial charge on any atom is -0.340 e. The molecule has 0 aliphatic heterocycles. The summed E-state index contributed by atoms with van der Waals surface area (Å²) in [4.78, 5) is 35.2. The summed E-state index contributed by atoms with van der Waals surface area (Å²) < 4.78 is 1.42. The van der Waals surface area contributed by atoms with E-state index in [2.05, 4.69) is 54.2 Å². The monoisotopic (exact) mass is 491 g/mol. The van der Waals surface area contributed by atoms with Crippen molar-refractivity contribution in [3.63, 3.8) is 0 Å². The lowest BCUT2D eigenvalue weighted by Crippen LogP contribution is -2.27. The van der Waals surface area contributed by atoms with Gasteiger partial charge in [-0.25, -0.2) is 14.8 Å². The molecule has 184 valence electrons. The van der Waals surface area contributed by atoms with Crippen molar-refractivity contribution in [2.45, 2.75) is 33.1 Å². The highest BCUT2D eigenvalue weighted by molar-refractivity contribution is 7.97. The zero-order valence-corrected chi connectivity index (χ0v) is 22.0. The first-order chi connectivity index (χ1) is 16.6. The number of nitrogens with one attached hydrogen (secondary N) is 2. The summed E-state index contributed by atoms with van der Waals surface area (Å²) in [5.41, 5.74) is 3.35. The molecule has 35 heavy (non-hydrogen) atoms. The number of anilines is 2. The molecule has 2 heterocycles. The second-order valence-corrected chi connectivity index (χ2v) is 9.56. The van der Waals surface area contributed by atoms with Crippen molar-refractivity contribution in [2.24, 2.45) is 0 Å². The van der Waals surface area contributed by atoms with Crippen molar-refractivity contribution >= 4 is 34.2 Å². The van der Waals surface area contributed by atoms with Gasteiger partial charge in [-0.15, -0.1) is 13.2 Å². The van der Waals surface area contributed by atoms with Gasteiger partial charge in [0, 0.05) is 23.3 Å². The Morgan fingerprint density at radius 2 is 1.63 bits per heavy atom. The Kier molecular flexibility index (Phi) is 9.59. The molecule has 0 unspecified atom stereocenters. The highest BCUT2D eigenvalue weighted by atomic mass is 32.2. The van der Waals surface area contributed by atoms with Crippen LogP contribution < -0.4 is 16.6 Å². The molecule has 4 rings (SSSR count). The number of fused-ring (bicyclic) bond motifs is 1. The van der Waals surface area contributed by atoms with Crippen molar-refractivity contribution < 1.29 is 0 Å². The van der Waals surface area contributed by atoms with Gasteiger partial charge in [-0.2, -0.15) is 11.8 Å². The van der Waals surface area contributed by atoms with Gasteiger partial charge in [0.25, 0.3) is 5.56 Å². The Morgan fingerprint density at radius 3 is 2.20 bits per heavy atom. The van der Waals surface area contributed by atoms with E-state index in [4.69, 9.17) is 0 Å². The molecule has 0 saturated heterocycles. The average molecular weight is 492 g/mol. The van der Waals surface area contributed by atoms with Gasteiger partial charge in [-0.05, 0) is 54.7 Å². The van der Waals surface area contributed by atoms with Gasteiger partial charge in [-0.1, -0.05) is 38.5 Å². The Bertz CT molecular complexity index is 1390. The molecule has 0 bridgehead atoms. The molecule has 0 radical (unpaired) electrons. The average Bonchev–Trinajstić information content (AvgIpc) is 2.81. The fourth-order valence-corrected chi connectivity index (χ4v) is 3.36. The number of aryl methyl sites for hydroxylation is 1. The predicted octanol–water partition coefficient (Wildman–Crippen LogP) is 5.60. The zero-order chi connectivity index (χ0) is 26.2. The second kappa shape index (κ2) is 12.2. The summed E-state index contributed by atoms with van der Waals surface area (Å²) >= 11 is 1.75. The van der Waals surface area contributed by atoms with Crippen LogP contribution in [0.25, 0.3) is 16.6 Å². The van der Waals surface area contributed by atoms with Crippen LogP contribution in [0.5, 0.6) is 0 Å². The van der Waals surface area contributed by atoms with Gasteiger partial charge in [-0.3, -0.25) is 14.3 Å². The van der Waals surface area contributed by atoms with Crippen LogP contribution in [0.1, 0.15) is 31.9 Å². The molecular formula is C27H33N5O2S. The third-order valence-corrected chi connectivity index (χ3v) is 4.95. The van der Waals surface area contributed by atoms with Gasteiger partial charge in [0.2, 0.25) is 0 Å². The first-order valence-electron chi connectivity index (χ1n) is 11.0. The summed E-state index contributed by atoms with van der Waals surface area (Å²) in [5, 5.41) is 4.15. The van der Waals surface area contributed by atoms with Crippen molar-refractivity contribution in [2.75, 3.05) is 17.8 Å². The van der Waals surface area contributed by atoms with Crippen LogP contribution in [0, 0.1) is 6.92 Å². The maximum atomic E-state index is 12.4. The van der Waals surface area contributed by atoms with Gasteiger partial charge < -0.3 is 5.32 Å². The van der Waals surface area contributed by atoms with E-state index in [1.54, 1.807) is 18.1 Å². The van der Waals surface area contributed by atoms with Crippen molar-refractivity contribution in [3.05, 3.63) is 100 Å². The summed E-state index contributed by atoms with van der Waals surface area (Å²) in [6.07, 6.45) is 7.10. The fourth-order valence-electron chi connectivity index (χ4n) is 3.36. The number of benzene rings is 2. The molecule has 8 heteroatoms. The first-order valence-corrected chi connectivity index (χ1v) is 12.6. The van der Waals surface area contributed by atoms with Crippen LogP contribution in [0.2, 0.25) is 0 Å². The van der Waals surface area contributed by atoms with Crippen LogP contribution in [0.3, 0.4) is 0 Å². The number of hydrogen-bond acceptors (Lipinski definition) is 6. The van der Waals surface area contributed by atoms with E-state index in [9.17, 15) is 9.59 Å². The lowest BCUT2D eigenvalue weighted by atomic mass is 9.85. The normalized spacial score (nSPS) is 10.6. The van der Waals surface area contributed by atoms with Gasteiger partial charge in [0.15, 0.2) is 0 Å². The molecule has 4 aromatic rings. The third-order valence-electron chi connectivity index (χ3n) is 4.95. The van der Waals surface area contributed by atoms with Crippen molar-refractivity contribution in [1.29, 1.82) is 0 Å². The molecule has 0 amide bonds. The smallest absolute Gasteiger partial charge is 0.332 e.